The number of likely N-dealkylation sites (tertiary alicyclic amines) is 1. The molecule has 4 nitrogen and oxygen atoms in total. The van der Waals surface area contributed by atoms with Gasteiger partial charge in [-0.25, -0.2) is 4.79 Å². The van der Waals surface area contributed by atoms with E-state index < -0.39 is 5.97 Å². The molecule has 0 unspecified atom stereocenters. The largest absolute Gasteiger partial charge is 0.496 e. The number of aromatic carboxylic acids is 1. The lowest BCUT2D eigenvalue weighted by Crippen LogP contribution is -2.27. The standard InChI is InChI=1S/C16H23NO3/c1-20-15-8-7-13(16(18)19)11-14(15)12-17-9-5-3-2-4-6-10-17/h7-8,11H,2-6,9-10,12H2,1H3,(H,18,19). The van der Waals surface area contributed by atoms with E-state index in [2.05, 4.69) is 4.90 Å². The summed E-state index contributed by atoms with van der Waals surface area (Å²) in [7, 11) is 1.63. The Morgan fingerprint density at radius 2 is 1.85 bits per heavy atom. The molecule has 1 heterocycles. The van der Waals surface area contributed by atoms with Crippen molar-refractivity contribution >= 4 is 5.97 Å². The molecule has 1 aromatic carbocycles. The van der Waals surface area contributed by atoms with Gasteiger partial charge in [0.25, 0.3) is 0 Å². The lowest BCUT2D eigenvalue weighted by molar-refractivity contribution is 0.0696. The van der Waals surface area contributed by atoms with Gasteiger partial charge in [-0.2, -0.15) is 0 Å². The molecule has 1 aliphatic heterocycles. The van der Waals surface area contributed by atoms with Crippen LogP contribution in [0.1, 0.15) is 48.0 Å². The first-order valence-electron chi connectivity index (χ1n) is 7.33. The van der Waals surface area contributed by atoms with Gasteiger partial charge in [0.2, 0.25) is 0 Å². The zero-order valence-electron chi connectivity index (χ0n) is 12.1. The lowest BCUT2D eigenvalue weighted by atomic mass is 10.1. The van der Waals surface area contributed by atoms with Crippen molar-refractivity contribution in [1.82, 2.24) is 4.90 Å². The third kappa shape index (κ3) is 3.97. The van der Waals surface area contributed by atoms with Crippen molar-refractivity contribution in [3.8, 4) is 5.75 Å². The molecule has 1 fully saturated rings. The minimum absolute atomic E-state index is 0.327. The summed E-state index contributed by atoms with van der Waals surface area (Å²) in [5.41, 5.74) is 1.29. The van der Waals surface area contributed by atoms with E-state index in [1.807, 2.05) is 0 Å². The molecule has 110 valence electrons. The second kappa shape index (κ2) is 7.29. The average Bonchev–Trinajstić information content (AvgIpc) is 2.41. The van der Waals surface area contributed by atoms with Crippen LogP contribution >= 0.6 is 0 Å². The summed E-state index contributed by atoms with van der Waals surface area (Å²) in [5.74, 6) is -0.112. The molecule has 0 radical (unpaired) electrons. The van der Waals surface area contributed by atoms with Gasteiger partial charge < -0.3 is 9.84 Å². The molecule has 0 atom stereocenters. The van der Waals surface area contributed by atoms with Crippen LogP contribution in [0.3, 0.4) is 0 Å². The quantitative estimate of drug-likeness (QED) is 0.918. The molecule has 1 aromatic rings. The van der Waals surface area contributed by atoms with Gasteiger partial charge in [-0.15, -0.1) is 0 Å². The fourth-order valence-electron chi connectivity index (χ4n) is 2.75. The Balaban J connectivity index is 2.12. The van der Waals surface area contributed by atoms with Crippen molar-refractivity contribution in [3.63, 3.8) is 0 Å². The molecule has 0 bridgehead atoms. The van der Waals surface area contributed by atoms with E-state index >= 15 is 0 Å². The van der Waals surface area contributed by atoms with Crippen LogP contribution in [0.25, 0.3) is 0 Å². The molecule has 1 aliphatic rings. The van der Waals surface area contributed by atoms with Crippen LogP contribution in [0.4, 0.5) is 0 Å². The van der Waals surface area contributed by atoms with E-state index in [9.17, 15) is 4.79 Å². The van der Waals surface area contributed by atoms with E-state index in [1.165, 1.54) is 32.1 Å². The van der Waals surface area contributed by atoms with Crippen LogP contribution in [-0.4, -0.2) is 36.2 Å². The van der Waals surface area contributed by atoms with Crippen molar-refractivity contribution in [2.24, 2.45) is 0 Å². The lowest BCUT2D eigenvalue weighted by Gasteiger charge is -2.25. The monoisotopic (exact) mass is 277 g/mol. The van der Waals surface area contributed by atoms with Gasteiger partial charge in [-0.1, -0.05) is 19.3 Å². The van der Waals surface area contributed by atoms with Crippen LogP contribution in [0.2, 0.25) is 0 Å². The van der Waals surface area contributed by atoms with Crippen LogP contribution in [0, 0.1) is 0 Å². The molecule has 0 saturated carbocycles. The number of benzene rings is 1. The minimum Gasteiger partial charge on any atom is -0.496 e. The van der Waals surface area contributed by atoms with Gasteiger partial charge >= 0.3 is 5.97 Å². The SMILES string of the molecule is COc1ccc(C(=O)O)cc1CN1CCCCCCC1. The summed E-state index contributed by atoms with van der Waals surface area (Å²) in [6, 6.07) is 5.08. The third-order valence-corrected chi connectivity index (χ3v) is 3.87. The van der Waals surface area contributed by atoms with E-state index in [1.54, 1.807) is 25.3 Å². The average molecular weight is 277 g/mol. The number of hydrogen-bond acceptors (Lipinski definition) is 3. The van der Waals surface area contributed by atoms with Gasteiger partial charge in [0.1, 0.15) is 5.75 Å². The molecule has 1 saturated heterocycles. The Bertz CT molecular complexity index is 451. The van der Waals surface area contributed by atoms with Crippen molar-refractivity contribution in [3.05, 3.63) is 29.3 Å². The van der Waals surface area contributed by atoms with Gasteiger partial charge in [-0.05, 0) is 44.1 Å². The predicted octanol–water partition coefficient (Wildman–Crippen LogP) is 3.16. The van der Waals surface area contributed by atoms with E-state index in [0.29, 0.717) is 5.56 Å². The van der Waals surface area contributed by atoms with Gasteiger partial charge in [0, 0.05) is 12.1 Å². The molecule has 0 amide bonds. The van der Waals surface area contributed by atoms with E-state index in [4.69, 9.17) is 9.84 Å². The first-order chi connectivity index (χ1) is 9.70. The summed E-state index contributed by atoms with van der Waals surface area (Å²) in [6.07, 6.45) is 6.37. The maximum atomic E-state index is 11.1. The highest BCUT2D eigenvalue weighted by Gasteiger charge is 2.14. The van der Waals surface area contributed by atoms with Crippen LogP contribution < -0.4 is 4.74 Å². The number of methoxy groups -OCH3 is 1. The van der Waals surface area contributed by atoms with E-state index in [-0.39, 0.29) is 0 Å². The Morgan fingerprint density at radius 3 is 2.45 bits per heavy atom. The number of rotatable bonds is 4. The predicted molar refractivity (Wildman–Crippen MR) is 78.3 cm³/mol. The zero-order valence-corrected chi connectivity index (χ0v) is 12.1. The zero-order chi connectivity index (χ0) is 14.4. The first-order valence-corrected chi connectivity index (χ1v) is 7.33. The van der Waals surface area contributed by atoms with Crippen molar-refractivity contribution in [2.75, 3.05) is 20.2 Å². The summed E-state index contributed by atoms with van der Waals surface area (Å²) >= 11 is 0. The number of carboxylic acid groups (broad SMARTS) is 1. The molecular formula is C16H23NO3. The molecular weight excluding hydrogens is 254 g/mol. The maximum Gasteiger partial charge on any atom is 0.335 e. The second-order valence-electron chi connectivity index (χ2n) is 5.38. The topological polar surface area (TPSA) is 49.8 Å². The van der Waals surface area contributed by atoms with Crippen LogP contribution in [0.15, 0.2) is 18.2 Å². The highest BCUT2D eigenvalue weighted by Crippen LogP contribution is 2.23. The van der Waals surface area contributed by atoms with Crippen molar-refractivity contribution in [1.29, 1.82) is 0 Å². The Kier molecular flexibility index (Phi) is 5.41. The number of carboxylic acids is 1. The summed E-state index contributed by atoms with van der Waals surface area (Å²) in [6.45, 7) is 2.94. The summed E-state index contributed by atoms with van der Waals surface area (Å²) in [4.78, 5) is 13.5. The van der Waals surface area contributed by atoms with Gasteiger partial charge in [0.05, 0.1) is 12.7 Å². The Hall–Kier alpha value is -1.55. The normalized spacial score (nSPS) is 17.2. The summed E-state index contributed by atoms with van der Waals surface area (Å²) < 4.78 is 5.36. The molecule has 0 aromatic heterocycles. The Labute approximate surface area is 120 Å². The number of ether oxygens (including phenoxy) is 1. The minimum atomic E-state index is -0.887. The molecule has 1 N–H and O–H groups in total. The van der Waals surface area contributed by atoms with Crippen molar-refractivity contribution < 1.29 is 14.6 Å². The van der Waals surface area contributed by atoms with Gasteiger partial charge in [0.15, 0.2) is 0 Å². The van der Waals surface area contributed by atoms with Crippen LogP contribution in [0.5, 0.6) is 5.75 Å². The number of nitrogens with zero attached hydrogens (tertiary/aromatic N) is 1. The highest BCUT2D eigenvalue weighted by molar-refractivity contribution is 5.88. The molecule has 0 aliphatic carbocycles. The summed E-state index contributed by atoms with van der Waals surface area (Å²) in [5, 5.41) is 9.11. The van der Waals surface area contributed by atoms with Gasteiger partial charge in [-0.3, -0.25) is 4.90 Å². The Morgan fingerprint density at radius 1 is 1.20 bits per heavy atom. The number of hydrogen-bond donors (Lipinski definition) is 1. The first kappa shape index (κ1) is 14.9. The van der Waals surface area contributed by atoms with E-state index in [0.717, 1.165) is 30.9 Å². The molecule has 2 rings (SSSR count). The smallest absolute Gasteiger partial charge is 0.335 e. The molecule has 0 spiro atoms. The number of carbonyl (C=O) groups is 1. The van der Waals surface area contributed by atoms with Crippen LogP contribution in [-0.2, 0) is 6.54 Å². The third-order valence-electron chi connectivity index (χ3n) is 3.87. The fourth-order valence-corrected chi connectivity index (χ4v) is 2.75. The molecule has 20 heavy (non-hydrogen) atoms. The van der Waals surface area contributed by atoms with Crippen molar-refractivity contribution in [2.45, 2.75) is 38.6 Å². The fraction of sp³-hybridized carbons (Fsp3) is 0.562. The maximum absolute atomic E-state index is 11.1. The second-order valence-corrected chi connectivity index (χ2v) is 5.38. The molecule has 4 heteroatoms. The highest BCUT2D eigenvalue weighted by atomic mass is 16.5.